The van der Waals surface area contributed by atoms with Crippen LogP contribution >= 0.6 is 12.2 Å². The van der Waals surface area contributed by atoms with E-state index in [-0.39, 0.29) is 23.2 Å². The van der Waals surface area contributed by atoms with Crippen molar-refractivity contribution in [2.24, 2.45) is 5.92 Å². The van der Waals surface area contributed by atoms with E-state index in [0.29, 0.717) is 11.3 Å². The lowest BCUT2D eigenvalue weighted by Crippen LogP contribution is -2.14. The average Bonchev–Trinajstić information content (AvgIpc) is 2.18. The fourth-order valence-corrected chi connectivity index (χ4v) is 1.31. The van der Waals surface area contributed by atoms with E-state index in [0.717, 1.165) is 0 Å². The standard InChI is InChI=1S/C11H13NO2S/c1-7(11(14)15)6-10(13)8-4-2-3-5-9(8)12/h2-5,7H,6,12H2,1H3,(H,14,15). The van der Waals surface area contributed by atoms with Crippen LogP contribution in [0.3, 0.4) is 0 Å². The lowest BCUT2D eigenvalue weighted by Gasteiger charge is -2.08. The Kier molecular flexibility index (Phi) is 3.80. The Morgan fingerprint density at radius 3 is 2.67 bits per heavy atom. The van der Waals surface area contributed by atoms with E-state index < -0.39 is 0 Å². The second-order valence-corrected chi connectivity index (χ2v) is 3.87. The Hall–Kier alpha value is -1.42. The summed E-state index contributed by atoms with van der Waals surface area (Å²) in [5.74, 6) is -0.413. The predicted octanol–water partition coefficient (Wildman–Crippen LogP) is 2.36. The van der Waals surface area contributed by atoms with Crippen LogP contribution in [0, 0.1) is 5.92 Å². The van der Waals surface area contributed by atoms with E-state index in [1.54, 1.807) is 31.2 Å². The van der Waals surface area contributed by atoms with Gasteiger partial charge in [0.2, 0.25) is 0 Å². The van der Waals surface area contributed by atoms with Crippen molar-refractivity contribution >= 4 is 28.7 Å². The molecule has 0 amide bonds. The number of Topliss-reactive ketones (excluding diaryl/α,β-unsaturated/α-hetero) is 1. The summed E-state index contributed by atoms with van der Waals surface area (Å²) >= 11 is 4.59. The molecule has 15 heavy (non-hydrogen) atoms. The molecule has 1 aromatic rings. The van der Waals surface area contributed by atoms with Gasteiger partial charge in [0.05, 0.1) is 0 Å². The number of thiocarbonyl (C=S) groups is 1. The van der Waals surface area contributed by atoms with Gasteiger partial charge in [0.1, 0.15) is 0 Å². The molecule has 1 aromatic carbocycles. The molecule has 0 fully saturated rings. The molecule has 0 saturated carbocycles. The van der Waals surface area contributed by atoms with E-state index in [4.69, 9.17) is 10.8 Å². The Labute approximate surface area is 93.9 Å². The van der Waals surface area contributed by atoms with Crippen molar-refractivity contribution in [3.63, 3.8) is 0 Å². The number of aliphatic hydroxyl groups is 1. The molecule has 0 aliphatic heterocycles. The molecule has 3 nitrogen and oxygen atoms in total. The topological polar surface area (TPSA) is 63.3 Å². The number of nitrogens with two attached hydrogens (primary N) is 1. The van der Waals surface area contributed by atoms with Gasteiger partial charge in [0.25, 0.3) is 0 Å². The first-order valence-corrected chi connectivity index (χ1v) is 5.03. The van der Waals surface area contributed by atoms with Crippen LogP contribution in [-0.2, 0) is 0 Å². The first kappa shape index (κ1) is 11.7. The van der Waals surface area contributed by atoms with Crippen molar-refractivity contribution in [2.45, 2.75) is 13.3 Å². The molecule has 0 heterocycles. The quantitative estimate of drug-likeness (QED) is 0.467. The van der Waals surface area contributed by atoms with Crippen LogP contribution in [0.15, 0.2) is 24.3 Å². The number of rotatable bonds is 4. The summed E-state index contributed by atoms with van der Waals surface area (Å²) in [5.41, 5.74) is 6.60. The third kappa shape index (κ3) is 3.02. The monoisotopic (exact) mass is 223 g/mol. The van der Waals surface area contributed by atoms with Crippen molar-refractivity contribution in [1.82, 2.24) is 0 Å². The van der Waals surface area contributed by atoms with Crippen LogP contribution in [0.2, 0.25) is 0 Å². The Morgan fingerprint density at radius 2 is 2.13 bits per heavy atom. The van der Waals surface area contributed by atoms with Gasteiger partial charge < -0.3 is 10.8 Å². The summed E-state index contributed by atoms with van der Waals surface area (Å²) in [4.78, 5) is 11.7. The summed E-state index contributed by atoms with van der Waals surface area (Å²) < 4.78 is 0. The zero-order chi connectivity index (χ0) is 11.4. The number of aliphatic hydroxyl groups excluding tert-OH is 1. The molecular weight excluding hydrogens is 210 g/mol. The summed E-state index contributed by atoms with van der Waals surface area (Å²) in [6.45, 7) is 1.71. The third-order valence-corrected chi connectivity index (χ3v) is 2.58. The Balaban J connectivity index is 2.78. The number of hydrogen-bond acceptors (Lipinski definition) is 3. The normalized spacial score (nSPS) is 12.1. The molecule has 4 heteroatoms. The van der Waals surface area contributed by atoms with Gasteiger partial charge in [-0.2, -0.15) is 0 Å². The summed E-state index contributed by atoms with van der Waals surface area (Å²) in [6, 6.07) is 6.87. The van der Waals surface area contributed by atoms with Gasteiger partial charge in [-0.15, -0.1) is 0 Å². The number of carbonyl (C=O) groups is 1. The fourth-order valence-electron chi connectivity index (χ4n) is 1.23. The summed E-state index contributed by atoms with van der Waals surface area (Å²) in [6.07, 6.45) is 0.184. The minimum Gasteiger partial charge on any atom is -0.502 e. The Bertz CT molecular complexity index is 390. The van der Waals surface area contributed by atoms with Crippen molar-refractivity contribution < 1.29 is 9.90 Å². The number of anilines is 1. The number of benzene rings is 1. The zero-order valence-electron chi connectivity index (χ0n) is 8.43. The molecule has 1 atom stereocenters. The first-order valence-electron chi connectivity index (χ1n) is 4.63. The number of ketones is 1. The molecule has 0 bridgehead atoms. The molecular formula is C11H13NO2S. The Morgan fingerprint density at radius 1 is 1.53 bits per heavy atom. The van der Waals surface area contributed by atoms with E-state index >= 15 is 0 Å². The highest BCUT2D eigenvalue weighted by Crippen LogP contribution is 2.16. The molecule has 0 aliphatic carbocycles. The zero-order valence-corrected chi connectivity index (χ0v) is 9.25. The molecule has 0 aromatic heterocycles. The largest absolute Gasteiger partial charge is 0.502 e. The van der Waals surface area contributed by atoms with Crippen LogP contribution in [0.4, 0.5) is 5.69 Å². The van der Waals surface area contributed by atoms with Crippen LogP contribution in [0.25, 0.3) is 0 Å². The maximum absolute atomic E-state index is 11.7. The average molecular weight is 223 g/mol. The van der Waals surface area contributed by atoms with Crippen molar-refractivity contribution in [1.29, 1.82) is 0 Å². The van der Waals surface area contributed by atoms with Gasteiger partial charge in [-0.05, 0) is 24.4 Å². The van der Waals surface area contributed by atoms with Gasteiger partial charge in [-0.25, -0.2) is 0 Å². The van der Waals surface area contributed by atoms with Gasteiger partial charge in [-0.3, -0.25) is 4.79 Å². The van der Waals surface area contributed by atoms with E-state index in [1.165, 1.54) is 0 Å². The number of hydrogen-bond donors (Lipinski definition) is 2. The maximum atomic E-state index is 11.7. The van der Waals surface area contributed by atoms with E-state index in [2.05, 4.69) is 12.2 Å². The minimum absolute atomic E-state index is 0.1000. The highest BCUT2D eigenvalue weighted by molar-refractivity contribution is 7.80. The minimum atomic E-state index is -0.313. The summed E-state index contributed by atoms with van der Waals surface area (Å²) in [7, 11) is 0. The third-order valence-electron chi connectivity index (χ3n) is 2.17. The van der Waals surface area contributed by atoms with Gasteiger partial charge in [0.15, 0.2) is 10.8 Å². The molecule has 0 spiro atoms. The smallest absolute Gasteiger partial charge is 0.165 e. The SMILES string of the molecule is CC(CC(=O)c1ccccc1N)C(O)=S. The second kappa shape index (κ2) is 4.89. The lowest BCUT2D eigenvalue weighted by atomic mass is 9.99. The molecule has 0 radical (unpaired) electrons. The van der Waals surface area contributed by atoms with E-state index in [1.807, 2.05) is 0 Å². The number of para-hydroxylation sites is 1. The van der Waals surface area contributed by atoms with Gasteiger partial charge >= 0.3 is 0 Å². The molecule has 3 N–H and O–H groups in total. The van der Waals surface area contributed by atoms with Crippen LogP contribution in [0.5, 0.6) is 0 Å². The highest BCUT2D eigenvalue weighted by atomic mass is 32.1. The highest BCUT2D eigenvalue weighted by Gasteiger charge is 2.15. The molecule has 1 rings (SSSR count). The summed E-state index contributed by atoms with van der Waals surface area (Å²) in [5, 5.41) is 8.89. The first-order chi connectivity index (χ1) is 7.02. The number of nitrogen functional groups attached to an aromatic ring is 1. The maximum Gasteiger partial charge on any atom is 0.165 e. The van der Waals surface area contributed by atoms with Crippen molar-refractivity contribution in [3.05, 3.63) is 29.8 Å². The van der Waals surface area contributed by atoms with Gasteiger partial charge in [0, 0.05) is 23.6 Å². The number of carbonyl (C=O) groups excluding carboxylic acids is 1. The molecule has 0 aliphatic rings. The lowest BCUT2D eigenvalue weighted by molar-refractivity contribution is 0.0973. The molecule has 1 unspecified atom stereocenters. The van der Waals surface area contributed by atoms with Crippen LogP contribution < -0.4 is 5.73 Å². The predicted molar refractivity (Wildman–Crippen MR) is 64.2 cm³/mol. The fraction of sp³-hybridized carbons (Fsp3) is 0.273. The van der Waals surface area contributed by atoms with E-state index in [9.17, 15) is 4.79 Å². The van der Waals surface area contributed by atoms with Crippen LogP contribution in [-0.4, -0.2) is 15.9 Å². The molecule has 80 valence electrons. The second-order valence-electron chi connectivity index (χ2n) is 3.45. The van der Waals surface area contributed by atoms with Gasteiger partial charge in [-0.1, -0.05) is 19.1 Å². The molecule has 0 saturated heterocycles. The van der Waals surface area contributed by atoms with Crippen molar-refractivity contribution in [3.8, 4) is 0 Å². The van der Waals surface area contributed by atoms with Crippen LogP contribution in [0.1, 0.15) is 23.7 Å². The van der Waals surface area contributed by atoms with Crippen molar-refractivity contribution in [2.75, 3.05) is 5.73 Å².